The number of carbonyl (C=O) groups excluding carboxylic acids is 1. The fourth-order valence-electron chi connectivity index (χ4n) is 2.12. The van der Waals surface area contributed by atoms with Gasteiger partial charge in [-0.05, 0) is 0 Å². The van der Waals surface area contributed by atoms with Crippen molar-refractivity contribution in [3.05, 3.63) is 53.6 Å². The third-order valence-electron chi connectivity index (χ3n) is 3.18. The molecule has 0 unspecified atom stereocenters. The van der Waals surface area contributed by atoms with Crippen LogP contribution in [0.3, 0.4) is 0 Å². The number of carbonyl (C=O) groups is 1. The third-order valence-corrected chi connectivity index (χ3v) is 4.32. The first-order valence-corrected chi connectivity index (χ1v) is 7.94. The van der Waals surface area contributed by atoms with Gasteiger partial charge in [-0.2, -0.15) is 0 Å². The van der Waals surface area contributed by atoms with Gasteiger partial charge in [0.2, 0.25) is 0 Å². The van der Waals surface area contributed by atoms with Crippen LogP contribution in [0.4, 0.5) is 5.69 Å². The molecule has 0 spiro atoms. The minimum atomic E-state index is -0.325. The molecule has 0 saturated carbocycles. The molecule has 0 aliphatic rings. The van der Waals surface area contributed by atoms with Crippen LogP contribution in [-0.4, -0.2) is 36.0 Å². The molecule has 0 fully saturated rings. The molecule has 5 nitrogen and oxygen atoms in total. The maximum atomic E-state index is 11.8. The van der Waals surface area contributed by atoms with Gasteiger partial charge in [0.25, 0.3) is 0 Å². The van der Waals surface area contributed by atoms with Crippen LogP contribution in [0.5, 0.6) is 0 Å². The maximum absolute atomic E-state index is 11.8. The Morgan fingerprint density at radius 3 is 2.90 bits per heavy atom. The van der Waals surface area contributed by atoms with Crippen molar-refractivity contribution >= 4 is 37.7 Å². The molecule has 1 heterocycles. The van der Waals surface area contributed by atoms with Crippen LogP contribution >= 0.6 is 0 Å². The van der Waals surface area contributed by atoms with E-state index >= 15 is 0 Å². The van der Waals surface area contributed by atoms with Gasteiger partial charge >= 0.3 is 128 Å². The monoisotopic (exact) mass is 347 g/mol. The average Bonchev–Trinajstić information content (AvgIpc) is 3.01. The summed E-state index contributed by atoms with van der Waals surface area (Å²) in [5.74, 6) is -0.325. The van der Waals surface area contributed by atoms with Crippen LogP contribution in [0.2, 0.25) is 0 Å². The van der Waals surface area contributed by atoms with E-state index in [1.807, 2.05) is 36.4 Å². The molecule has 0 saturated heterocycles. The Balaban J connectivity index is 1.85. The second kappa shape index (κ2) is 6.08. The van der Waals surface area contributed by atoms with Crippen LogP contribution in [0.15, 0.2) is 42.5 Å². The van der Waals surface area contributed by atoms with Gasteiger partial charge < -0.3 is 0 Å². The number of hydrogen-bond donors (Lipinski definition) is 1. The Bertz CT molecular complexity index is 785. The fourth-order valence-corrected chi connectivity index (χ4v) is 3.28. The van der Waals surface area contributed by atoms with Crippen LogP contribution in [0.1, 0.15) is 15.9 Å². The van der Waals surface area contributed by atoms with Crippen LogP contribution in [-0.2, 0) is 11.3 Å². The number of hydrogen-bond acceptors (Lipinski definition) is 5. The number of nitrogens with zero attached hydrogens (tertiary/aromatic N) is 2. The summed E-state index contributed by atoms with van der Waals surface area (Å²) in [6, 6.07) is 13.3. The van der Waals surface area contributed by atoms with E-state index in [0.29, 0.717) is 12.1 Å². The number of methoxy groups -OCH3 is 1. The summed E-state index contributed by atoms with van der Waals surface area (Å²) in [6.07, 6.45) is 0. The molecule has 0 aliphatic carbocycles. The summed E-state index contributed by atoms with van der Waals surface area (Å²) in [6.45, 7) is 0.532. The Morgan fingerprint density at radius 2 is 2.05 bits per heavy atom. The van der Waals surface area contributed by atoms with Crippen LogP contribution in [0, 0.1) is 0 Å². The first kappa shape index (κ1) is 13.8. The Hall–Kier alpha value is -2.17. The predicted molar refractivity (Wildman–Crippen MR) is 81.6 cm³/mol. The molecule has 0 amide bonds. The van der Waals surface area contributed by atoms with Gasteiger partial charge in [-0.3, -0.25) is 0 Å². The second-order valence-electron chi connectivity index (χ2n) is 4.44. The molecule has 0 radical (unpaired) electrons. The SMILES string of the molecule is COC(=O)c1ccccc1CNc1cccc2n[se]nc12. The number of anilines is 1. The Morgan fingerprint density at radius 1 is 1.19 bits per heavy atom. The van der Waals surface area contributed by atoms with Gasteiger partial charge in [-0.1, -0.05) is 0 Å². The minimum absolute atomic E-state index is 0.0515. The fraction of sp³-hybridized carbons (Fsp3) is 0.133. The number of esters is 1. The molecule has 3 aromatic rings. The van der Waals surface area contributed by atoms with Gasteiger partial charge in [0.1, 0.15) is 0 Å². The van der Waals surface area contributed by atoms with Crippen molar-refractivity contribution in [1.29, 1.82) is 0 Å². The molecule has 0 aliphatic heterocycles. The molecule has 21 heavy (non-hydrogen) atoms. The quantitative estimate of drug-likeness (QED) is 0.579. The molecule has 2 aromatic carbocycles. The summed E-state index contributed by atoms with van der Waals surface area (Å²) in [7, 11) is 1.39. The molecule has 0 bridgehead atoms. The molecule has 106 valence electrons. The van der Waals surface area contributed by atoms with Crippen molar-refractivity contribution in [3.63, 3.8) is 0 Å². The van der Waals surface area contributed by atoms with E-state index in [-0.39, 0.29) is 20.9 Å². The van der Waals surface area contributed by atoms with Gasteiger partial charge in [-0.25, -0.2) is 0 Å². The number of benzene rings is 2. The number of ether oxygens (including phenoxy) is 1. The summed E-state index contributed by atoms with van der Waals surface area (Å²) < 4.78 is 13.6. The molecule has 0 atom stereocenters. The van der Waals surface area contributed by atoms with Gasteiger partial charge in [0.15, 0.2) is 0 Å². The zero-order valence-electron chi connectivity index (χ0n) is 11.4. The van der Waals surface area contributed by atoms with Crippen molar-refractivity contribution in [2.75, 3.05) is 12.4 Å². The second-order valence-corrected chi connectivity index (χ2v) is 5.55. The summed E-state index contributed by atoms with van der Waals surface area (Å²) >= 11 is -0.0515. The average molecular weight is 346 g/mol. The number of aromatic nitrogens is 2. The van der Waals surface area contributed by atoms with E-state index < -0.39 is 0 Å². The number of nitrogens with one attached hydrogen (secondary N) is 1. The summed E-state index contributed by atoms with van der Waals surface area (Å²) in [4.78, 5) is 11.8. The molecular weight excluding hydrogens is 333 g/mol. The Kier molecular flexibility index (Phi) is 3.99. The van der Waals surface area contributed by atoms with Crippen molar-refractivity contribution in [2.45, 2.75) is 6.54 Å². The zero-order valence-corrected chi connectivity index (χ0v) is 13.1. The summed E-state index contributed by atoms with van der Waals surface area (Å²) in [5, 5.41) is 3.33. The van der Waals surface area contributed by atoms with E-state index in [2.05, 4.69) is 13.3 Å². The van der Waals surface area contributed by atoms with Crippen LogP contribution < -0.4 is 5.32 Å². The molecule has 6 heteroatoms. The first-order chi connectivity index (χ1) is 10.3. The van der Waals surface area contributed by atoms with Gasteiger partial charge in [0.05, 0.1) is 0 Å². The van der Waals surface area contributed by atoms with E-state index in [0.717, 1.165) is 22.3 Å². The summed E-state index contributed by atoms with van der Waals surface area (Å²) in [5.41, 5.74) is 4.25. The third kappa shape index (κ3) is 2.82. The van der Waals surface area contributed by atoms with Gasteiger partial charge in [0, 0.05) is 0 Å². The van der Waals surface area contributed by atoms with Gasteiger partial charge in [-0.15, -0.1) is 0 Å². The number of rotatable bonds is 4. The molecule has 1 N–H and O–H groups in total. The van der Waals surface area contributed by atoms with E-state index in [1.54, 1.807) is 6.07 Å². The molecule has 3 rings (SSSR count). The molecular formula is C15H13N3O2Se. The predicted octanol–water partition coefficient (Wildman–Crippen LogP) is 2.09. The van der Waals surface area contributed by atoms with Crippen molar-refractivity contribution < 1.29 is 9.53 Å². The van der Waals surface area contributed by atoms with E-state index in [1.165, 1.54) is 7.11 Å². The Labute approximate surface area is 128 Å². The normalized spacial score (nSPS) is 10.5. The standard InChI is InChI=1S/C15H13N3O2Se/c1-20-15(19)11-6-3-2-5-10(11)9-16-12-7-4-8-13-14(12)18-21-17-13/h2-8,16H,9H2,1H3. The topological polar surface area (TPSA) is 64.1 Å². The number of fused-ring (bicyclic) bond motifs is 1. The van der Waals surface area contributed by atoms with Crippen molar-refractivity contribution in [1.82, 2.24) is 7.96 Å². The van der Waals surface area contributed by atoms with E-state index in [9.17, 15) is 4.79 Å². The van der Waals surface area contributed by atoms with Crippen LogP contribution in [0.25, 0.3) is 11.0 Å². The first-order valence-electron chi connectivity index (χ1n) is 6.41. The van der Waals surface area contributed by atoms with Crippen molar-refractivity contribution in [2.24, 2.45) is 0 Å². The van der Waals surface area contributed by atoms with E-state index in [4.69, 9.17) is 4.74 Å². The zero-order chi connectivity index (χ0) is 14.7. The van der Waals surface area contributed by atoms with Crippen molar-refractivity contribution in [3.8, 4) is 0 Å². The molecule has 1 aromatic heterocycles.